The third kappa shape index (κ3) is 1.16. The van der Waals surface area contributed by atoms with E-state index in [2.05, 4.69) is 17.6 Å². The molecule has 0 saturated heterocycles. The zero-order chi connectivity index (χ0) is 5.98. The molecule has 0 bridgehead atoms. The van der Waals surface area contributed by atoms with Crippen LogP contribution in [-0.2, 0) is 0 Å². The Morgan fingerprint density at radius 2 is 2.25 bits per heavy atom. The van der Waals surface area contributed by atoms with Crippen molar-refractivity contribution in [2.24, 2.45) is 0 Å². The molecule has 0 aliphatic carbocycles. The molecular weight excluding hydrogens is 161 g/mol. The van der Waals surface area contributed by atoms with Gasteiger partial charge in [0, 0.05) is 0 Å². The van der Waals surface area contributed by atoms with E-state index in [1.807, 2.05) is 6.07 Å². The number of furan rings is 1. The van der Waals surface area contributed by atoms with E-state index in [0.29, 0.717) is 0 Å². The molecule has 8 heavy (non-hydrogen) atoms. The molecule has 0 atom stereocenters. The first-order chi connectivity index (χ1) is 3.80. The fourth-order valence-corrected chi connectivity index (χ4v) is 2.10. The molecule has 2 heteroatoms. The molecule has 0 amide bonds. The molecule has 0 spiro atoms. The second kappa shape index (κ2) is 2.40. The standard InChI is InChI=1S/C6H9GeO/c1-7(2)6-4-3-5-8-6/h3-5H,1-2H3. The Bertz CT molecular complexity index is 144. The van der Waals surface area contributed by atoms with E-state index in [4.69, 9.17) is 4.42 Å². The van der Waals surface area contributed by atoms with E-state index in [-0.39, 0.29) is 0 Å². The van der Waals surface area contributed by atoms with Crippen LogP contribution in [0.4, 0.5) is 0 Å². The maximum absolute atomic E-state index is 5.17. The van der Waals surface area contributed by atoms with Gasteiger partial charge in [0.25, 0.3) is 0 Å². The van der Waals surface area contributed by atoms with E-state index in [9.17, 15) is 0 Å². The minimum atomic E-state index is -0.880. The topological polar surface area (TPSA) is 13.1 Å². The Morgan fingerprint density at radius 1 is 1.50 bits per heavy atom. The average Bonchev–Trinajstić information content (AvgIpc) is 2.12. The Hall–Kier alpha value is -0.177. The third-order valence-electron chi connectivity index (χ3n) is 1.01. The van der Waals surface area contributed by atoms with Gasteiger partial charge in [-0.1, -0.05) is 0 Å². The summed E-state index contributed by atoms with van der Waals surface area (Å²) >= 11 is -0.880. The molecular formula is C6H9GeO. The molecule has 43 valence electrons. The molecule has 0 aromatic carbocycles. The first-order valence-corrected chi connectivity index (χ1v) is 7.89. The van der Waals surface area contributed by atoms with Crippen molar-refractivity contribution in [2.45, 2.75) is 11.5 Å². The fraction of sp³-hybridized carbons (Fsp3) is 0.333. The summed E-state index contributed by atoms with van der Waals surface area (Å²) in [5.41, 5.74) is 0. The van der Waals surface area contributed by atoms with Crippen molar-refractivity contribution >= 4 is 18.9 Å². The van der Waals surface area contributed by atoms with E-state index < -0.39 is 14.3 Å². The van der Waals surface area contributed by atoms with Crippen molar-refractivity contribution in [3.05, 3.63) is 18.4 Å². The number of hydrogen-bond acceptors (Lipinski definition) is 1. The van der Waals surface area contributed by atoms with E-state index in [0.717, 1.165) is 0 Å². The van der Waals surface area contributed by atoms with Gasteiger partial charge in [0.05, 0.1) is 0 Å². The molecule has 0 fully saturated rings. The molecule has 0 aliphatic heterocycles. The van der Waals surface area contributed by atoms with Crippen LogP contribution in [0.2, 0.25) is 11.5 Å². The molecule has 0 saturated carbocycles. The van der Waals surface area contributed by atoms with Crippen LogP contribution in [0, 0.1) is 0 Å². The average molecular weight is 170 g/mol. The van der Waals surface area contributed by atoms with Gasteiger partial charge in [-0.05, 0) is 0 Å². The van der Waals surface area contributed by atoms with Crippen molar-refractivity contribution in [3.63, 3.8) is 0 Å². The summed E-state index contributed by atoms with van der Waals surface area (Å²) in [5, 5.41) is 0. The molecule has 1 heterocycles. The Kier molecular flexibility index (Phi) is 1.78. The molecule has 1 nitrogen and oxygen atoms in total. The second-order valence-electron chi connectivity index (χ2n) is 1.98. The molecule has 0 aliphatic rings. The zero-order valence-electron chi connectivity index (χ0n) is 5.14. The molecule has 0 unspecified atom stereocenters. The number of rotatable bonds is 1. The van der Waals surface area contributed by atoms with Crippen LogP contribution in [0.1, 0.15) is 0 Å². The number of hydrogen-bond donors (Lipinski definition) is 0. The van der Waals surface area contributed by atoms with Crippen molar-refractivity contribution in [1.82, 2.24) is 0 Å². The molecule has 1 radical (unpaired) electrons. The van der Waals surface area contributed by atoms with Crippen LogP contribution in [0.25, 0.3) is 0 Å². The Balaban J connectivity index is 2.77. The van der Waals surface area contributed by atoms with Gasteiger partial charge in [0.15, 0.2) is 0 Å². The van der Waals surface area contributed by atoms with Crippen LogP contribution < -0.4 is 4.59 Å². The van der Waals surface area contributed by atoms with Crippen LogP contribution in [0.3, 0.4) is 0 Å². The van der Waals surface area contributed by atoms with Gasteiger partial charge in [0.1, 0.15) is 0 Å². The predicted molar refractivity (Wildman–Crippen MR) is 35.8 cm³/mol. The van der Waals surface area contributed by atoms with Gasteiger partial charge in [-0.2, -0.15) is 0 Å². The van der Waals surface area contributed by atoms with Gasteiger partial charge in [-0.15, -0.1) is 0 Å². The zero-order valence-corrected chi connectivity index (χ0v) is 7.24. The van der Waals surface area contributed by atoms with Crippen molar-refractivity contribution in [2.75, 3.05) is 0 Å². The summed E-state index contributed by atoms with van der Waals surface area (Å²) in [6.07, 6.45) is 1.75. The Morgan fingerprint density at radius 3 is 2.50 bits per heavy atom. The van der Waals surface area contributed by atoms with Gasteiger partial charge in [-0.25, -0.2) is 0 Å². The van der Waals surface area contributed by atoms with Gasteiger partial charge in [0.2, 0.25) is 0 Å². The van der Waals surface area contributed by atoms with E-state index in [1.165, 1.54) is 4.59 Å². The van der Waals surface area contributed by atoms with Gasteiger partial charge in [-0.3, -0.25) is 0 Å². The first kappa shape index (κ1) is 5.95. The summed E-state index contributed by atoms with van der Waals surface area (Å²) < 4.78 is 6.40. The van der Waals surface area contributed by atoms with Crippen LogP contribution in [0.15, 0.2) is 22.8 Å². The summed E-state index contributed by atoms with van der Waals surface area (Å²) in [5.74, 6) is 4.55. The molecule has 0 N–H and O–H groups in total. The molecule has 1 rings (SSSR count). The quantitative estimate of drug-likeness (QED) is 0.577. The predicted octanol–water partition coefficient (Wildman–Crippen LogP) is 1.24. The van der Waals surface area contributed by atoms with E-state index >= 15 is 0 Å². The van der Waals surface area contributed by atoms with E-state index in [1.54, 1.807) is 6.26 Å². The van der Waals surface area contributed by atoms with Crippen molar-refractivity contribution in [1.29, 1.82) is 0 Å². The summed E-state index contributed by atoms with van der Waals surface area (Å²) in [7, 11) is 0. The van der Waals surface area contributed by atoms with Crippen molar-refractivity contribution in [3.8, 4) is 0 Å². The first-order valence-electron chi connectivity index (χ1n) is 2.65. The SMILES string of the molecule is [CH3][Ge]([CH3])[c]1ccco1. The van der Waals surface area contributed by atoms with Crippen LogP contribution in [-0.4, -0.2) is 14.3 Å². The fourth-order valence-electron chi connectivity index (χ4n) is 0.563. The molecule has 1 aromatic rings. The molecule has 1 aromatic heterocycles. The van der Waals surface area contributed by atoms with Gasteiger partial charge < -0.3 is 0 Å². The summed E-state index contributed by atoms with van der Waals surface area (Å²) in [6, 6.07) is 4.02. The van der Waals surface area contributed by atoms with Crippen molar-refractivity contribution < 1.29 is 4.42 Å². The van der Waals surface area contributed by atoms with Crippen LogP contribution >= 0.6 is 0 Å². The third-order valence-corrected chi connectivity index (χ3v) is 3.68. The summed E-state index contributed by atoms with van der Waals surface area (Å²) in [4.78, 5) is 0. The Labute approximate surface area is 53.8 Å². The normalized spacial score (nSPS) is 10.4. The summed E-state index contributed by atoms with van der Waals surface area (Å²) in [6.45, 7) is 0. The van der Waals surface area contributed by atoms with Gasteiger partial charge >= 0.3 is 53.3 Å². The minimum absolute atomic E-state index is 0.880. The van der Waals surface area contributed by atoms with Crippen LogP contribution in [0.5, 0.6) is 0 Å². The monoisotopic (exact) mass is 171 g/mol. The second-order valence-corrected chi connectivity index (χ2v) is 7.21. The maximum atomic E-state index is 5.17.